The summed E-state index contributed by atoms with van der Waals surface area (Å²) in [5.41, 5.74) is 0.832. The molecule has 0 saturated carbocycles. The Morgan fingerprint density at radius 2 is 2.08 bits per heavy atom. The van der Waals surface area contributed by atoms with Crippen LogP contribution in [0.3, 0.4) is 0 Å². The Balaban J connectivity index is 1.68. The van der Waals surface area contributed by atoms with E-state index in [1.807, 2.05) is 37.4 Å². The molecule has 0 bridgehead atoms. The lowest BCUT2D eigenvalue weighted by Crippen LogP contribution is -2.33. The van der Waals surface area contributed by atoms with Gasteiger partial charge in [-0.1, -0.05) is 30.3 Å². The van der Waals surface area contributed by atoms with Gasteiger partial charge in [-0.05, 0) is 31.2 Å². The largest absolute Gasteiger partial charge is 0.477 e. The average molecular weight is 374 g/mol. The number of hydrogen-bond donors (Lipinski definition) is 2. The van der Waals surface area contributed by atoms with Gasteiger partial charge in [-0.25, -0.2) is 9.59 Å². The maximum atomic E-state index is 12.7. The number of esters is 1. The van der Waals surface area contributed by atoms with Crippen LogP contribution in [0, 0.1) is 0 Å². The highest BCUT2D eigenvalue weighted by atomic mass is 32.1. The van der Waals surface area contributed by atoms with Crippen molar-refractivity contribution < 1.29 is 19.4 Å². The summed E-state index contributed by atoms with van der Waals surface area (Å²) in [6.45, 7) is 2.08. The maximum Gasteiger partial charge on any atom is 0.345 e. The fraction of sp³-hybridized carbons (Fsp3) is 0.368. The lowest BCUT2D eigenvalue weighted by atomic mass is 10.1. The van der Waals surface area contributed by atoms with Crippen molar-refractivity contribution in [2.75, 3.05) is 20.1 Å². The van der Waals surface area contributed by atoms with Crippen LogP contribution in [-0.4, -0.2) is 48.2 Å². The summed E-state index contributed by atoms with van der Waals surface area (Å²) in [4.78, 5) is 27.0. The Bertz CT molecular complexity index is 762. The molecule has 2 heterocycles. The first-order valence-electron chi connectivity index (χ1n) is 8.52. The highest BCUT2D eigenvalue weighted by Crippen LogP contribution is 2.21. The maximum absolute atomic E-state index is 12.7. The van der Waals surface area contributed by atoms with Gasteiger partial charge in [-0.3, -0.25) is 5.32 Å². The quantitative estimate of drug-likeness (QED) is 0.725. The Labute approximate surface area is 156 Å². The monoisotopic (exact) mass is 374 g/mol. The summed E-state index contributed by atoms with van der Waals surface area (Å²) in [5.74, 6) is -1.24. The van der Waals surface area contributed by atoms with Crippen molar-refractivity contribution in [3.63, 3.8) is 0 Å². The summed E-state index contributed by atoms with van der Waals surface area (Å²) < 4.78 is 5.70. The number of likely N-dealkylation sites (tertiary alicyclic amines) is 1. The molecule has 0 spiro atoms. The van der Waals surface area contributed by atoms with Gasteiger partial charge in [0.15, 0.2) is 0 Å². The van der Waals surface area contributed by atoms with Crippen molar-refractivity contribution >= 4 is 23.3 Å². The smallest absolute Gasteiger partial charge is 0.345 e. The van der Waals surface area contributed by atoms with Gasteiger partial charge in [0, 0.05) is 24.5 Å². The van der Waals surface area contributed by atoms with Crippen LogP contribution in [0.1, 0.15) is 32.6 Å². The van der Waals surface area contributed by atoms with E-state index in [9.17, 15) is 9.59 Å². The van der Waals surface area contributed by atoms with E-state index in [0.717, 1.165) is 30.0 Å². The summed E-state index contributed by atoms with van der Waals surface area (Å²) in [6, 6.07) is 12.2. The second-order valence-electron chi connectivity index (χ2n) is 6.41. The first-order valence-corrected chi connectivity index (χ1v) is 9.34. The predicted octanol–water partition coefficient (Wildman–Crippen LogP) is 2.52. The van der Waals surface area contributed by atoms with E-state index in [4.69, 9.17) is 9.84 Å². The van der Waals surface area contributed by atoms with Crippen molar-refractivity contribution in [1.29, 1.82) is 0 Å². The van der Waals surface area contributed by atoms with Crippen molar-refractivity contribution in [2.45, 2.75) is 25.1 Å². The fourth-order valence-electron chi connectivity index (χ4n) is 3.00. The third kappa shape index (κ3) is 4.69. The molecule has 0 radical (unpaired) electrons. The summed E-state index contributed by atoms with van der Waals surface area (Å²) in [5, 5.41) is 12.3. The molecular weight excluding hydrogens is 352 g/mol. The number of thiophene rings is 1. The molecule has 1 aliphatic rings. The van der Waals surface area contributed by atoms with Crippen molar-refractivity contribution in [1.82, 2.24) is 10.2 Å². The second-order valence-corrected chi connectivity index (χ2v) is 7.57. The van der Waals surface area contributed by atoms with E-state index in [1.54, 1.807) is 12.1 Å². The molecule has 1 aromatic carbocycles. The number of hydrogen-bond acceptors (Lipinski definition) is 6. The second kappa shape index (κ2) is 8.44. The lowest BCUT2D eigenvalue weighted by Gasteiger charge is -2.20. The minimum atomic E-state index is -0.939. The Hall–Kier alpha value is -2.22. The standard InChI is InChI=1S/C19H22N2O4S/c1-21-10-9-14(12-21)25-19(24)17(13-5-3-2-4-6-13)20-11-15-7-8-16(26-15)18(22)23/h2-8,14,17,20H,9-12H2,1H3,(H,22,23)/t14-,17?/m1/s1. The molecule has 138 valence electrons. The number of carboxylic acid groups (broad SMARTS) is 1. The lowest BCUT2D eigenvalue weighted by molar-refractivity contribution is -0.151. The van der Waals surface area contributed by atoms with E-state index < -0.39 is 12.0 Å². The fourth-order valence-corrected chi connectivity index (χ4v) is 3.79. The number of aromatic carboxylic acids is 1. The van der Waals surface area contributed by atoms with Gasteiger partial charge in [-0.15, -0.1) is 11.3 Å². The molecule has 2 N–H and O–H groups in total. The van der Waals surface area contributed by atoms with Gasteiger partial charge < -0.3 is 14.7 Å². The molecule has 7 heteroatoms. The summed E-state index contributed by atoms with van der Waals surface area (Å²) in [6.07, 6.45) is 0.761. The van der Waals surface area contributed by atoms with E-state index >= 15 is 0 Å². The molecule has 6 nitrogen and oxygen atoms in total. The molecule has 1 saturated heterocycles. The van der Waals surface area contributed by atoms with Crippen LogP contribution in [0.15, 0.2) is 42.5 Å². The number of carbonyl (C=O) groups is 2. The van der Waals surface area contributed by atoms with E-state index in [0.29, 0.717) is 6.54 Å². The molecule has 3 rings (SSSR count). The number of likely N-dealkylation sites (N-methyl/N-ethyl adjacent to an activating group) is 1. The highest BCUT2D eigenvalue weighted by molar-refractivity contribution is 7.13. The third-order valence-corrected chi connectivity index (χ3v) is 5.43. The highest BCUT2D eigenvalue weighted by Gasteiger charge is 2.28. The van der Waals surface area contributed by atoms with E-state index in [1.165, 1.54) is 11.3 Å². The van der Waals surface area contributed by atoms with Crippen LogP contribution in [-0.2, 0) is 16.1 Å². The molecular formula is C19H22N2O4S. The van der Waals surface area contributed by atoms with Crippen LogP contribution in [0.2, 0.25) is 0 Å². The Morgan fingerprint density at radius 3 is 2.69 bits per heavy atom. The predicted molar refractivity (Wildman–Crippen MR) is 99.3 cm³/mol. The zero-order chi connectivity index (χ0) is 18.5. The molecule has 1 fully saturated rings. The molecule has 2 aromatic rings. The average Bonchev–Trinajstić information content (AvgIpc) is 3.25. The van der Waals surface area contributed by atoms with Crippen molar-refractivity contribution in [3.8, 4) is 0 Å². The molecule has 1 aliphatic heterocycles. The number of rotatable bonds is 7. The molecule has 1 unspecified atom stereocenters. The van der Waals surface area contributed by atoms with Gasteiger partial charge in [0.05, 0.1) is 0 Å². The van der Waals surface area contributed by atoms with Crippen molar-refractivity contribution in [3.05, 3.63) is 57.8 Å². The normalized spacial score (nSPS) is 18.6. The van der Waals surface area contributed by atoms with Crippen LogP contribution in [0.4, 0.5) is 0 Å². The zero-order valence-corrected chi connectivity index (χ0v) is 15.4. The number of ether oxygens (including phenoxy) is 1. The number of nitrogens with one attached hydrogen (secondary N) is 1. The number of carbonyl (C=O) groups excluding carboxylic acids is 1. The van der Waals surface area contributed by atoms with Gasteiger partial charge >= 0.3 is 11.9 Å². The minimum Gasteiger partial charge on any atom is -0.477 e. The van der Waals surface area contributed by atoms with Crippen LogP contribution in [0.25, 0.3) is 0 Å². The molecule has 0 aliphatic carbocycles. The van der Waals surface area contributed by atoms with Gasteiger partial charge in [0.1, 0.15) is 17.0 Å². The summed E-state index contributed by atoms with van der Waals surface area (Å²) in [7, 11) is 2.01. The van der Waals surface area contributed by atoms with E-state index in [2.05, 4.69) is 10.2 Å². The first-order chi connectivity index (χ1) is 12.5. The zero-order valence-electron chi connectivity index (χ0n) is 14.6. The Kier molecular flexibility index (Phi) is 6.03. The molecule has 1 aromatic heterocycles. The number of nitrogens with zero attached hydrogens (tertiary/aromatic N) is 1. The van der Waals surface area contributed by atoms with Crippen LogP contribution in [0.5, 0.6) is 0 Å². The number of carboxylic acids is 1. The molecule has 0 amide bonds. The van der Waals surface area contributed by atoms with Gasteiger partial charge in [0.2, 0.25) is 0 Å². The summed E-state index contributed by atoms with van der Waals surface area (Å²) >= 11 is 1.20. The van der Waals surface area contributed by atoms with Crippen LogP contribution < -0.4 is 5.32 Å². The SMILES string of the molecule is CN1CC[C@@H](OC(=O)C(NCc2ccc(C(=O)O)s2)c2ccccc2)C1. The molecule has 2 atom stereocenters. The number of benzene rings is 1. The van der Waals surface area contributed by atoms with Gasteiger partial charge in [-0.2, -0.15) is 0 Å². The van der Waals surface area contributed by atoms with Crippen LogP contribution >= 0.6 is 11.3 Å². The van der Waals surface area contributed by atoms with Crippen molar-refractivity contribution in [2.24, 2.45) is 0 Å². The topological polar surface area (TPSA) is 78.9 Å². The minimum absolute atomic E-state index is 0.0825. The van der Waals surface area contributed by atoms with E-state index in [-0.39, 0.29) is 17.0 Å². The van der Waals surface area contributed by atoms with Gasteiger partial charge in [0.25, 0.3) is 0 Å². The Morgan fingerprint density at radius 1 is 1.31 bits per heavy atom. The first kappa shape index (κ1) is 18.6. The third-order valence-electron chi connectivity index (χ3n) is 4.35. The molecule has 26 heavy (non-hydrogen) atoms.